The molecule has 0 aromatic heterocycles. The van der Waals surface area contributed by atoms with Crippen LogP contribution in [0.5, 0.6) is 0 Å². The SMILES string of the molecule is C[C@@H]1CC[C@H](C(=O)CC(=O)OC(C)(C)C)O1. The van der Waals surface area contributed by atoms with Crippen molar-refractivity contribution in [3.05, 3.63) is 0 Å². The van der Waals surface area contributed by atoms with Gasteiger partial charge in [-0.2, -0.15) is 0 Å². The molecule has 0 unspecified atom stereocenters. The number of ether oxygens (including phenoxy) is 2. The molecule has 0 radical (unpaired) electrons. The molecular weight excluding hydrogens is 208 g/mol. The van der Waals surface area contributed by atoms with E-state index in [0.717, 1.165) is 6.42 Å². The molecule has 1 saturated heterocycles. The number of hydrogen-bond acceptors (Lipinski definition) is 4. The van der Waals surface area contributed by atoms with Gasteiger partial charge in [-0.15, -0.1) is 0 Å². The number of hydrogen-bond donors (Lipinski definition) is 0. The minimum atomic E-state index is -0.540. The first-order valence-corrected chi connectivity index (χ1v) is 5.68. The first-order chi connectivity index (χ1) is 7.28. The molecule has 0 bridgehead atoms. The van der Waals surface area contributed by atoms with Crippen LogP contribution in [-0.4, -0.2) is 29.6 Å². The smallest absolute Gasteiger partial charge is 0.313 e. The fraction of sp³-hybridized carbons (Fsp3) is 0.833. The van der Waals surface area contributed by atoms with Crippen molar-refractivity contribution in [1.82, 2.24) is 0 Å². The van der Waals surface area contributed by atoms with Crippen LogP contribution in [0.3, 0.4) is 0 Å². The van der Waals surface area contributed by atoms with Crippen molar-refractivity contribution in [2.45, 2.75) is 64.8 Å². The molecule has 0 spiro atoms. The van der Waals surface area contributed by atoms with Gasteiger partial charge in [0.1, 0.15) is 18.1 Å². The maximum atomic E-state index is 11.7. The van der Waals surface area contributed by atoms with E-state index in [1.165, 1.54) is 0 Å². The Labute approximate surface area is 96.3 Å². The summed E-state index contributed by atoms with van der Waals surface area (Å²) in [5, 5.41) is 0. The number of Topliss-reactive ketones (excluding diaryl/α,β-unsaturated/α-hetero) is 1. The van der Waals surface area contributed by atoms with Crippen molar-refractivity contribution in [2.24, 2.45) is 0 Å². The third-order valence-corrected chi connectivity index (χ3v) is 2.33. The number of rotatable bonds is 3. The molecule has 1 fully saturated rings. The average molecular weight is 228 g/mol. The molecule has 0 saturated carbocycles. The molecule has 4 heteroatoms. The highest BCUT2D eigenvalue weighted by Gasteiger charge is 2.30. The van der Waals surface area contributed by atoms with Crippen molar-refractivity contribution in [1.29, 1.82) is 0 Å². The summed E-state index contributed by atoms with van der Waals surface area (Å²) in [4.78, 5) is 23.1. The Morgan fingerprint density at radius 1 is 1.31 bits per heavy atom. The topological polar surface area (TPSA) is 52.6 Å². The Morgan fingerprint density at radius 2 is 1.94 bits per heavy atom. The van der Waals surface area contributed by atoms with E-state index in [1.54, 1.807) is 20.8 Å². The summed E-state index contributed by atoms with van der Waals surface area (Å²) >= 11 is 0. The van der Waals surface area contributed by atoms with Crippen LogP contribution < -0.4 is 0 Å². The van der Waals surface area contributed by atoms with Crippen LogP contribution in [0, 0.1) is 0 Å². The summed E-state index contributed by atoms with van der Waals surface area (Å²) in [6.07, 6.45) is 1.11. The highest BCUT2D eigenvalue weighted by atomic mass is 16.6. The fourth-order valence-corrected chi connectivity index (χ4v) is 1.67. The standard InChI is InChI=1S/C12H20O4/c1-8-5-6-10(15-8)9(13)7-11(14)16-12(2,3)4/h8,10H,5-7H2,1-4H3/t8-,10-/m1/s1. The Morgan fingerprint density at radius 3 is 2.38 bits per heavy atom. The molecule has 0 amide bonds. The first kappa shape index (κ1) is 13.2. The van der Waals surface area contributed by atoms with Crippen molar-refractivity contribution < 1.29 is 19.1 Å². The van der Waals surface area contributed by atoms with Crippen LogP contribution in [0.25, 0.3) is 0 Å². The van der Waals surface area contributed by atoms with Crippen molar-refractivity contribution in [2.75, 3.05) is 0 Å². The third-order valence-electron chi connectivity index (χ3n) is 2.33. The predicted molar refractivity (Wildman–Crippen MR) is 59.0 cm³/mol. The predicted octanol–water partition coefficient (Wildman–Crippen LogP) is 1.85. The van der Waals surface area contributed by atoms with Crippen LogP contribution in [0.4, 0.5) is 0 Å². The monoisotopic (exact) mass is 228 g/mol. The Kier molecular flexibility index (Phi) is 4.08. The molecule has 16 heavy (non-hydrogen) atoms. The van der Waals surface area contributed by atoms with Crippen LogP contribution in [0.15, 0.2) is 0 Å². The molecular formula is C12H20O4. The van der Waals surface area contributed by atoms with E-state index in [1.807, 2.05) is 6.92 Å². The zero-order valence-electron chi connectivity index (χ0n) is 10.4. The third kappa shape index (κ3) is 4.31. The summed E-state index contributed by atoms with van der Waals surface area (Å²) in [6.45, 7) is 7.28. The fourth-order valence-electron chi connectivity index (χ4n) is 1.67. The molecule has 1 aliphatic heterocycles. The number of carbonyl (C=O) groups excluding carboxylic acids is 2. The van der Waals surface area contributed by atoms with Gasteiger partial charge < -0.3 is 9.47 Å². The Balaban J connectivity index is 2.37. The highest BCUT2D eigenvalue weighted by molar-refractivity contribution is 5.98. The largest absolute Gasteiger partial charge is 0.460 e. The van der Waals surface area contributed by atoms with Gasteiger partial charge in [0.05, 0.1) is 6.10 Å². The zero-order valence-corrected chi connectivity index (χ0v) is 10.4. The van der Waals surface area contributed by atoms with Crippen LogP contribution in [0.1, 0.15) is 47.0 Å². The number of ketones is 1. The normalized spacial score (nSPS) is 25.5. The van der Waals surface area contributed by atoms with Gasteiger partial charge in [0.25, 0.3) is 0 Å². The molecule has 0 aliphatic carbocycles. The van der Waals surface area contributed by atoms with E-state index in [4.69, 9.17) is 9.47 Å². The first-order valence-electron chi connectivity index (χ1n) is 5.68. The van der Waals surface area contributed by atoms with Gasteiger partial charge in [0.2, 0.25) is 0 Å². The molecule has 0 aromatic carbocycles. The lowest BCUT2D eigenvalue weighted by Gasteiger charge is -2.19. The molecule has 0 aromatic rings. The number of esters is 1. The van der Waals surface area contributed by atoms with Crippen LogP contribution >= 0.6 is 0 Å². The second-order valence-corrected chi connectivity index (χ2v) is 5.24. The van der Waals surface area contributed by atoms with Gasteiger partial charge in [-0.3, -0.25) is 9.59 Å². The second-order valence-electron chi connectivity index (χ2n) is 5.24. The second kappa shape index (κ2) is 4.95. The maximum absolute atomic E-state index is 11.7. The minimum absolute atomic E-state index is 0.118. The summed E-state index contributed by atoms with van der Waals surface area (Å²) < 4.78 is 10.5. The van der Waals surface area contributed by atoms with E-state index < -0.39 is 17.7 Å². The highest BCUT2D eigenvalue weighted by Crippen LogP contribution is 2.21. The summed E-state index contributed by atoms with van der Waals surface area (Å²) in [7, 11) is 0. The Bertz CT molecular complexity index is 277. The van der Waals surface area contributed by atoms with Crippen LogP contribution in [-0.2, 0) is 19.1 Å². The van der Waals surface area contributed by atoms with Gasteiger partial charge in [0.15, 0.2) is 5.78 Å². The summed E-state index contributed by atoms with van der Waals surface area (Å²) in [6, 6.07) is 0. The lowest BCUT2D eigenvalue weighted by Crippen LogP contribution is -2.29. The van der Waals surface area contributed by atoms with Gasteiger partial charge in [-0.1, -0.05) is 0 Å². The molecule has 92 valence electrons. The van der Waals surface area contributed by atoms with Gasteiger partial charge in [-0.05, 0) is 40.5 Å². The minimum Gasteiger partial charge on any atom is -0.460 e. The zero-order chi connectivity index (χ0) is 12.3. The van der Waals surface area contributed by atoms with Gasteiger partial charge in [0, 0.05) is 0 Å². The average Bonchev–Trinajstić information content (AvgIpc) is 2.47. The summed E-state index contributed by atoms with van der Waals surface area (Å²) in [5.74, 6) is -0.640. The maximum Gasteiger partial charge on any atom is 0.313 e. The van der Waals surface area contributed by atoms with Crippen molar-refractivity contribution >= 4 is 11.8 Å². The lowest BCUT2D eigenvalue weighted by molar-refractivity contribution is -0.157. The summed E-state index contributed by atoms with van der Waals surface area (Å²) in [5.41, 5.74) is -0.540. The quantitative estimate of drug-likeness (QED) is 0.546. The molecule has 1 heterocycles. The van der Waals surface area contributed by atoms with E-state index in [0.29, 0.717) is 6.42 Å². The van der Waals surface area contributed by atoms with Gasteiger partial charge in [-0.25, -0.2) is 0 Å². The van der Waals surface area contributed by atoms with E-state index in [9.17, 15) is 9.59 Å². The Hall–Kier alpha value is -0.900. The molecule has 1 aliphatic rings. The van der Waals surface area contributed by atoms with Crippen LogP contribution in [0.2, 0.25) is 0 Å². The van der Waals surface area contributed by atoms with E-state index >= 15 is 0 Å². The van der Waals surface area contributed by atoms with E-state index in [-0.39, 0.29) is 18.3 Å². The molecule has 1 rings (SSSR count). The molecule has 0 N–H and O–H groups in total. The molecule has 2 atom stereocenters. The molecule has 4 nitrogen and oxygen atoms in total. The van der Waals surface area contributed by atoms with E-state index in [2.05, 4.69) is 0 Å². The van der Waals surface area contributed by atoms with Gasteiger partial charge >= 0.3 is 5.97 Å². The number of carbonyl (C=O) groups is 2. The lowest BCUT2D eigenvalue weighted by atomic mass is 10.1. The van der Waals surface area contributed by atoms with Crippen molar-refractivity contribution in [3.63, 3.8) is 0 Å². The van der Waals surface area contributed by atoms with Crippen molar-refractivity contribution in [3.8, 4) is 0 Å².